The zero-order valence-corrected chi connectivity index (χ0v) is 14.3. The second kappa shape index (κ2) is 9.40. The summed E-state index contributed by atoms with van der Waals surface area (Å²) < 4.78 is 10.5. The van der Waals surface area contributed by atoms with E-state index in [2.05, 4.69) is 10.2 Å². The summed E-state index contributed by atoms with van der Waals surface area (Å²) in [5.74, 6) is 1.53. The molecule has 0 radical (unpaired) electrons. The number of carbonyl (C=O) groups excluding carboxylic acids is 1. The highest BCUT2D eigenvalue weighted by molar-refractivity contribution is 5.76. The number of hydrogen-bond acceptors (Lipinski definition) is 4. The number of nitrogens with one attached hydrogen (secondary N) is 1. The van der Waals surface area contributed by atoms with E-state index in [-0.39, 0.29) is 5.91 Å². The fourth-order valence-corrected chi connectivity index (χ4v) is 2.92. The molecule has 0 aliphatic carbocycles. The molecule has 0 atom stereocenters. The van der Waals surface area contributed by atoms with Crippen molar-refractivity contribution in [2.24, 2.45) is 0 Å². The van der Waals surface area contributed by atoms with Crippen molar-refractivity contribution < 1.29 is 14.3 Å². The van der Waals surface area contributed by atoms with Crippen LogP contribution in [0.5, 0.6) is 11.5 Å². The lowest BCUT2D eigenvalue weighted by molar-refractivity contribution is -0.121. The van der Waals surface area contributed by atoms with Gasteiger partial charge in [0, 0.05) is 13.0 Å². The smallest absolute Gasteiger partial charge is 0.220 e. The number of aryl methyl sites for hydroxylation is 1. The Morgan fingerprint density at radius 2 is 1.91 bits per heavy atom. The topological polar surface area (TPSA) is 50.8 Å². The summed E-state index contributed by atoms with van der Waals surface area (Å²) in [5, 5.41) is 3.01. The summed E-state index contributed by atoms with van der Waals surface area (Å²) in [6.45, 7) is 4.29. The Kier molecular flexibility index (Phi) is 7.20. The number of amides is 1. The highest BCUT2D eigenvalue weighted by atomic mass is 16.5. The minimum absolute atomic E-state index is 0.112. The van der Waals surface area contributed by atoms with Gasteiger partial charge in [0.25, 0.3) is 0 Å². The monoisotopic (exact) mass is 320 g/mol. The van der Waals surface area contributed by atoms with Crippen LogP contribution in [0.4, 0.5) is 0 Å². The first kappa shape index (κ1) is 17.6. The normalized spacial score (nSPS) is 14.7. The largest absolute Gasteiger partial charge is 0.493 e. The minimum atomic E-state index is 0.112. The first-order chi connectivity index (χ1) is 11.2. The van der Waals surface area contributed by atoms with E-state index < -0.39 is 0 Å². The summed E-state index contributed by atoms with van der Waals surface area (Å²) in [7, 11) is 3.24. The van der Waals surface area contributed by atoms with Crippen molar-refractivity contribution in [3.05, 3.63) is 23.8 Å². The molecule has 0 saturated carbocycles. The summed E-state index contributed by atoms with van der Waals surface area (Å²) in [5.41, 5.74) is 1.08. The molecule has 2 rings (SSSR count). The molecular formula is C18H28N2O3. The maximum absolute atomic E-state index is 11.9. The molecule has 0 aromatic heterocycles. The van der Waals surface area contributed by atoms with Gasteiger partial charge in [-0.2, -0.15) is 0 Å². The highest BCUT2D eigenvalue weighted by Crippen LogP contribution is 2.27. The lowest BCUT2D eigenvalue weighted by atomic mass is 10.1. The molecule has 5 nitrogen and oxygen atoms in total. The van der Waals surface area contributed by atoms with Crippen LogP contribution in [0, 0.1) is 0 Å². The van der Waals surface area contributed by atoms with Crippen LogP contribution >= 0.6 is 0 Å². The molecule has 5 heteroatoms. The molecule has 1 heterocycles. The van der Waals surface area contributed by atoms with Crippen LogP contribution in [0.2, 0.25) is 0 Å². The summed E-state index contributed by atoms with van der Waals surface area (Å²) in [4.78, 5) is 14.4. The summed E-state index contributed by atoms with van der Waals surface area (Å²) >= 11 is 0. The third kappa shape index (κ3) is 5.75. The van der Waals surface area contributed by atoms with Crippen molar-refractivity contribution in [3.63, 3.8) is 0 Å². The molecule has 0 bridgehead atoms. The van der Waals surface area contributed by atoms with Gasteiger partial charge in [-0.15, -0.1) is 0 Å². The molecule has 128 valence electrons. The van der Waals surface area contributed by atoms with E-state index in [0.717, 1.165) is 25.1 Å². The molecule has 1 N–H and O–H groups in total. The van der Waals surface area contributed by atoms with E-state index in [1.54, 1.807) is 14.2 Å². The number of carbonyl (C=O) groups is 1. The summed E-state index contributed by atoms with van der Waals surface area (Å²) in [6.07, 6.45) is 4.87. The average molecular weight is 320 g/mol. The predicted octanol–water partition coefficient (Wildman–Crippen LogP) is 2.24. The van der Waals surface area contributed by atoms with Crippen LogP contribution in [-0.4, -0.2) is 51.2 Å². The second-order valence-corrected chi connectivity index (χ2v) is 5.94. The van der Waals surface area contributed by atoms with Gasteiger partial charge in [0.1, 0.15) is 0 Å². The van der Waals surface area contributed by atoms with Crippen molar-refractivity contribution in [2.45, 2.75) is 32.1 Å². The molecule has 0 spiro atoms. The number of ether oxygens (including phenoxy) is 2. The third-order valence-corrected chi connectivity index (χ3v) is 4.26. The molecule has 1 aliphatic rings. The van der Waals surface area contributed by atoms with Gasteiger partial charge in [0.05, 0.1) is 14.2 Å². The van der Waals surface area contributed by atoms with Crippen molar-refractivity contribution in [3.8, 4) is 11.5 Å². The van der Waals surface area contributed by atoms with Crippen molar-refractivity contribution in [1.82, 2.24) is 10.2 Å². The Morgan fingerprint density at radius 3 is 2.61 bits per heavy atom. The molecular weight excluding hydrogens is 292 g/mol. The van der Waals surface area contributed by atoms with E-state index in [4.69, 9.17) is 9.47 Å². The van der Waals surface area contributed by atoms with Crippen molar-refractivity contribution in [2.75, 3.05) is 40.4 Å². The van der Waals surface area contributed by atoms with E-state index >= 15 is 0 Å². The molecule has 23 heavy (non-hydrogen) atoms. The zero-order valence-electron chi connectivity index (χ0n) is 14.3. The SMILES string of the molecule is COc1ccc(CCC(=O)NCCCN2CCCC2)cc1OC. The number of likely N-dealkylation sites (tertiary alicyclic amines) is 1. The van der Waals surface area contributed by atoms with E-state index in [1.807, 2.05) is 18.2 Å². The van der Waals surface area contributed by atoms with Crippen LogP contribution in [0.1, 0.15) is 31.2 Å². The highest BCUT2D eigenvalue weighted by Gasteiger charge is 2.11. The van der Waals surface area contributed by atoms with Crippen LogP contribution in [0.15, 0.2) is 18.2 Å². The number of benzene rings is 1. The van der Waals surface area contributed by atoms with Crippen molar-refractivity contribution >= 4 is 5.91 Å². The lowest BCUT2D eigenvalue weighted by Gasteiger charge is -2.14. The molecule has 0 unspecified atom stereocenters. The Balaban J connectivity index is 1.65. The number of hydrogen-bond donors (Lipinski definition) is 1. The lowest BCUT2D eigenvalue weighted by Crippen LogP contribution is -2.28. The van der Waals surface area contributed by atoms with Gasteiger partial charge in [-0.25, -0.2) is 0 Å². The number of nitrogens with zero attached hydrogens (tertiary/aromatic N) is 1. The molecule has 1 aromatic rings. The predicted molar refractivity (Wildman–Crippen MR) is 91.2 cm³/mol. The van der Waals surface area contributed by atoms with Crippen LogP contribution in [0.25, 0.3) is 0 Å². The Labute approximate surface area is 139 Å². The summed E-state index contributed by atoms with van der Waals surface area (Å²) in [6, 6.07) is 5.78. The van der Waals surface area contributed by atoms with Gasteiger partial charge < -0.3 is 19.7 Å². The maximum atomic E-state index is 11.9. The molecule has 1 saturated heterocycles. The second-order valence-electron chi connectivity index (χ2n) is 5.94. The minimum Gasteiger partial charge on any atom is -0.493 e. The fraction of sp³-hybridized carbons (Fsp3) is 0.611. The van der Waals surface area contributed by atoms with Gasteiger partial charge >= 0.3 is 0 Å². The fourth-order valence-electron chi connectivity index (χ4n) is 2.92. The first-order valence-electron chi connectivity index (χ1n) is 8.43. The van der Waals surface area contributed by atoms with Crippen LogP contribution in [0.3, 0.4) is 0 Å². The third-order valence-electron chi connectivity index (χ3n) is 4.26. The Morgan fingerprint density at radius 1 is 1.17 bits per heavy atom. The van der Waals surface area contributed by atoms with Gasteiger partial charge in [-0.05, 0) is 63.0 Å². The average Bonchev–Trinajstić information content (AvgIpc) is 3.10. The molecule has 1 fully saturated rings. The zero-order chi connectivity index (χ0) is 16.5. The standard InChI is InChI=1S/C18H28N2O3/c1-22-16-8-6-15(14-17(16)23-2)7-9-18(21)19-10-5-13-20-11-3-4-12-20/h6,8,14H,3-5,7,9-13H2,1-2H3,(H,19,21). The molecule has 1 aromatic carbocycles. The number of rotatable bonds is 9. The van der Waals surface area contributed by atoms with Gasteiger partial charge in [-0.1, -0.05) is 6.07 Å². The molecule has 1 amide bonds. The van der Waals surface area contributed by atoms with Gasteiger partial charge in [0.15, 0.2) is 11.5 Å². The number of methoxy groups -OCH3 is 2. The molecule has 1 aliphatic heterocycles. The van der Waals surface area contributed by atoms with E-state index in [1.165, 1.54) is 25.9 Å². The maximum Gasteiger partial charge on any atom is 0.220 e. The quantitative estimate of drug-likeness (QED) is 0.709. The van der Waals surface area contributed by atoms with E-state index in [0.29, 0.717) is 24.3 Å². The van der Waals surface area contributed by atoms with Crippen molar-refractivity contribution in [1.29, 1.82) is 0 Å². The van der Waals surface area contributed by atoms with E-state index in [9.17, 15) is 4.79 Å². The van der Waals surface area contributed by atoms with Crippen LogP contribution in [-0.2, 0) is 11.2 Å². The van der Waals surface area contributed by atoms with Gasteiger partial charge in [-0.3, -0.25) is 4.79 Å². The van der Waals surface area contributed by atoms with Gasteiger partial charge in [0.2, 0.25) is 5.91 Å². The Hall–Kier alpha value is -1.75. The first-order valence-corrected chi connectivity index (χ1v) is 8.43. The Bertz CT molecular complexity index is 499. The van der Waals surface area contributed by atoms with Crippen LogP contribution < -0.4 is 14.8 Å².